The Bertz CT molecular complexity index is 794. The van der Waals surface area contributed by atoms with Gasteiger partial charge in [0, 0.05) is 5.56 Å². The Kier molecular flexibility index (Phi) is 3.82. The quantitative estimate of drug-likeness (QED) is 0.442. The molecule has 3 rings (SSSR count). The van der Waals surface area contributed by atoms with Gasteiger partial charge in [0.15, 0.2) is 5.58 Å². The SMILES string of the molecule is NC(CCl)=Nc1cc(-c2nc3ccccc3o2)ccc1Cl. The fourth-order valence-corrected chi connectivity index (χ4v) is 2.13. The highest BCUT2D eigenvalue weighted by molar-refractivity contribution is 6.33. The average Bonchev–Trinajstić information content (AvgIpc) is 2.93. The molecule has 1 heterocycles. The van der Waals surface area contributed by atoms with E-state index in [1.807, 2.05) is 30.3 Å². The van der Waals surface area contributed by atoms with Crippen molar-refractivity contribution in [2.24, 2.45) is 10.7 Å². The number of amidine groups is 1. The van der Waals surface area contributed by atoms with Crippen molar-refractivity contribution in [1.82, 2.24) is 4.98 Å². The van der Waals surface area contributed by atoms with Gasteiger partial charge in [0.2, 0.25) is 5.89 Å². The molecule has 0 unspecified atom stereocenters. The predicted molar refractivity (Wildman–Crippen MR) is 86.5 cm³/mol. The third kappa shape index (κ3) is 2.86. The van der Waals surface area contributed by atoms with Crippen LogP contribution in [0.4, 0.5) is 5.69 Å². The molecule has 2 aromatic carbocycles. The summed E-state index contributed by atoms with van der Waals surface area (Å²) >= 11 is 11.7. The number of hydrogen-bond donors (Lipinski definition) is 1. The minimum absolute atomic E-state index is 0.142. The Morgan fingerprint density at radius 3 is 2.81 bits per heavy atom. The van der Waals surface area contributed by atoms with E-state index in [1.165, 1.54) is 0 Å². The molecule has 3 aromatic rings. The maximum absolute atomic E-state index is 6.11. The summed E-state index contributed by atoms with van der Waals surface area (Å²) in [6.07, 6.45) is 0. The molecule has 0 bridgehead atoms. The van der Waals surface area contributed by atoms with Gasteiger partial charge in [-0.05, 0) is 30.3 Å². The van der Waals surface area contributed by atoms with E-state index in [0.29, 0.717) is 22.4 Å². The monoisotopic (exact) mass is 319 g/mol. The topological polar surface area (TPSA) is 64.4 Å². The molecular formula is C15H11Cl2N3O. The van der Waals surface area contributed by atoms with Crippen molar-refractivity contribution < 1.29 is 4.42 Å². The van der Waals surface area contributed by atoms with Gasteiger partial charge in [0.1, 0.15) is 11.4 Å². The van der Waals surface area contributed by atoms with Crippen LogP contribution in [0, 0.1) is 0 Å². The Labute approximate surface area is 131 Å². The van der Waals surface area contributed by atoms with Gasteiger partial charge in [-0.15, -0.1) is 11.6 Å². The zero-order valence-electron chi connectivity index (χ0n) is 10.9. The molecule has 1 aromatic heterocycles. The molecule has 0 aliphatic heterocycles. The number of hydrogen-bond acceptors (Lipinski definition) is 3. The zero-order chi connectivity index (χ0) is 14.8. The van der Waals surface area contributed by atoms with Gasteiger partial charge in [-0.3, -0.25) is 0 Å². The third-order valence-electron chi connectivity index (χ3n) is 2.89. The van der Waals surface area contributed by atoms with Crippen LogP contribution in [0.5, 0.6) is 0 Å². The number of aromatic nitrogens is 1. The molecule has 0 aliphatic carbocycles. The van der Waals surface area contributed by atoms with Crippen molar-refractivity contribution in [2.45, 2.75) is 0 Å². The molecule has 0 fully saturated rings. The maximum Gasteiger partial charge on any atom is 0.227 e. The molecule has 4 nitrogen and oxygen atoms in total. The molecule has 0 atom stereocenters. The summed E-state index contributed by atoms with van der Waals surface area (Å²) in [4.78, 5) is 8.62. The number of benzene rings is 2. The summed E-state index contributed by atoms with van der Waals surface area (Å²) in [5.41, 5.74) is 8.48. The first-order valence-corrected chi connectivity index (χ1v) is 7.13. The summed E-state index contributed by atoms with van der Waals surface area (Å²) in [6, 6.07) is 12.9. The number of fused-ring (bicyclic) bond motifs is 1. The fourth-order valence-electron chi connectivity index (χ4n) is 1.91. The van der Waals surface area contributed by atoms with Gasteiger partial charge in [-0.1, -0.05) is 23.7 Å². The molecule has 21 heavy (non-hydrogen) atoms. The van der Waals surface area contributed by atoms with Crippen molar-refractivity contribution >= 4 is 45.8 Å². The van der Waals surface area contributed by atoms with Gasteiger partial charge in [0.25, 0.3) is 0 Å². The first kappa shape index (κ1) is 13.9. The highest BCUT2D eigenvalue weighted by atomic mass is 35.5. The lowest BCUT2D eigenvalue weighted by molar-refractivity contribution is 0.620. The van der Waals surface area contributed by atoms with Crippen LogP contribution >= 0.6 is 23.2 Å². The second-order valence-electron chi connectivity index (χ2n) is 4.39. The maximum atomic E-state index is 6.11. The van der Waals surface area contributed by atoms with Crippen LogP contribution < -0.4 is 5.73 Å². The van der Waals surface area contributed by atoms with Crippen molar-refractivity contribution in [3.8, 4) is 11.5 Å². The Morgan fingerprint density at radius 1 is 1.24 bits per heavy atom. The van der Waals surface area contributed by atoms with Crippen molar-refractivity contribution in [3.05, 3.63) is 47.5 Å². The number of halogens is 2. The molecule has 6 heteroatoms. The lowest BCUT2D eigenvalue weighted by Gasteiger charge is -2.02. The largest absolute Gasteiger partial charge is 0.436 e. The second-order valence-corrected chi connectivity index (χ2v) is 5.06. The Morgan fingerprint density at radius 2 is 2.05 bits per heavy atom. The van der Waals surface area contributed by atoms with Crippen LogP contribution in [0.15, 0.2) is 51.9 Å². The number of rotatable bonds is 3. The number of nitrogens with zero attached hydrogens (tertiary/aromatic N) is 2. The summed E-state index contributed by atoms with van der Waals surface area (Å²) in [6.45, 7) is 0. The van der Waals surface area contributed by atoms with Crippen molar-refractivity contribution in [2.75, 3.05) is 5.88 Å². The Hall–Kier alpha value is -2.04. The summed E-state index contributed by atoms with van der Waals surface area (Å²) < 4.78 is 5.72. The molecule has 0 saturated heterocycles. The minimum atomic E-state index is 0.142. The minimum Gasteiger partial charge on any atom is -0.436 e. The van der Waals surface area contributed by atoms with E-state index in [4.69, 9.17) is 33.4 Å². The lowest BCUT2D eigenvalue weighted by Crippen LogP contribution is -2.12. The van der Waals surface area contributed by atoms with Crippen LogP contribution in [0.3, 0.4) is 0 Å². The van der Waals surface area contributed by atoms with E-state index in [0.717, 1.165) is 16.7 Å². The predicted octanol–water partition coefficient (Wildman–Crippen LogP) is 4.38. The van der Waals surface area contributed by atoms with Gasteiger partial charge in [-0.25, -0.2) is 9.98 Å². The molecule has 0 amide bonds. The average molecular weight is 320 g/mol. The van der Waals surface area contributed by atoms with E-state index in [9.17, 15) is 0 Å². The summed E-state index contributed by atoms with van der Waals surface area (Å²) in [7, 11) is 0. The van der Waals surface area contributed by atoms with Crippen LogP contribution in [0.1, 0.15) is 0 Å². The first-order valence-electron chi connectivity index (χ1n) is 6.22. The molecule has 0 saturated carbocycles. The van der Waals surface area contributed by atoms with E-state index in [-0.39, 0.29) is 5.88 Å². The number of para-hydroxylation sites is 2. The van der Waals surface area contributed by atoms with E-state index in [1.54, 1.807) is 12.1 Å². The third-order valence-corrected chi connectivity index (χ3v) is 3.48. The van der Waals surface area contributed by atoms with E-state index >= 15 is 0 Å². The lowest BCUT2D eigenvalue weighted by atomic mass is 10.2. The number of oxazole rings is 1. The molecule has 0 spiro atoms. The molecule has 2 N–H and O–H groups in total. The molecular weight excluding hydrogens is 309 g/mol. The summed E-state index contributed by atoms with van der Waals surface area (Å²) in [5.74, 6) is 0.950. The number of aliphatic imine (C=N–C) groups is 1. The molecule has 106 valence electrons. The van der Waals surface area contributed by atoms with E-state index in [2.05, 4.69) is 9.98 Å². The van der Waals surface area contributed by atoms with Gasteiger partial charge >= 0.3 is 0 Å². The number of alkyl halides is 1. The standard InChI is InChI=1S/C15H11Cl2N3O/c16-8-14(18)19-12-7-9(5-6-10(12)17)15-20-11-3-1-2-4-13(11)21-15/h1-7H,8H2,(H2,18,19). The molecule has 0 radical (unpaired) electrons. The fraction of sp³-hybridized carbons (Fsp3) is 0.0667. The van der Waals surface area contributed by atoms with Gasteiger partial charge < -0.3 is 10.2 Å². The van der Waals surface area contributed by atoms with Crippen LogP contribution in [0.25, 0.3) is 22.6 Å². The van der Waals surface area contributed by atoms with E-state index < -0.39 is 0 Å². The second kappa shape index (κ2) is 5.76. The highest BCUT2D eigenvalue weighted by Crippen LogP contribution is 2.32. The zero-order valence-corrected chi connectivity index (χ0v) is 12.4. The summed E-state index contributed by atoms with van der Waals surface area (Å²) in [5, 5.41) is 0.489. The van der Waals surface area contributed by atoms with Crippen LogP contribution in [0.2, 0.25) is 5.02 Å². The Balaban J connectivity index is 2.08. The van der Waals surface area contributed by atoms with Crippen molar-refractivity contribution in [1.29, 1.82) is 0 Å². The normalized spacial score (nSPS) is 12.0. The van der Waals surface area contributed by atoms with Crippen LogP contribution in [-0.4, -0.2) is 16.7 Å². The van der Waals surface area contributed by atoms with Gasteiger partial charge in [0.05, 0.1) is 16.6 Å². The molecule has 0 aliphatic rings. The van der Waals surface area contributed by atoms with Crippen molar-refractivity contribution in [3.63, 3.8) is 0 Å². The number of nitrogens with two attached hydrogens (primary N) is 1. The highest BCUT2D eigenvalue weighted by Gasteiger charge is 2.10. The van der Waals surface area contributed by atoms with Gasteiger partial charge in [-0.2, -0.15) is 0 Å². The van der Waals surface area contributed by atoms with Crippen LogP contribution in [-0.2, 0) is 0 Å². The first-order chi connectivity index (χ1) is 10.2. The smallest absolute Gasteiger partial charge is 0.227 e.